The highest BCUT2D eigenvalue weighted by Gasteiger charge is 2.09. The van der Waals surface area contributed by atoms with E-state index in [9.17, 15) is 0 Å². The monoisotopic (exact) mass is 234 g/mol. The van der Waals surface area contributed by atoms with E-state index in [0.29, 0.717) is 5.28 Å². The molecule has 0 saturated carbocycles. The molecule has 0 atom stereocenters. The Morgan fingerprint density at radius 1 is 1.20 bits per heavy atom. The van der Waals surface area contributed by atoms with Gasteiger partial charge in [0.2, 0.25) is 5.28 Å². The molecule has 0 aliphatic heterocycles. The molecule has 3 rings (SSSR count). The van der Waals surface area contributed by atoms with Crippen molar-refractivity contribution in [3.8, 4) is 0 Å². The number of aromatic nitrogens is 2. The third-order valence-corrected chi connectivity index (χ3v) is 3.80. The van der Waals surface area contributed by atoms with Crippen LogP contribution in [0.25, 0.3) is 20.3 Å². The van der Waals surface area contributed by atoms with Crippen LogP contribution in [0.3, 0.4) is 0 Å². The van der Waals surface area contributed by atoms with Crippen LogP contribution in [0.2, 0.25) is 5.28 Å². The molecule has 0 fully saturated rings. The SMILES string of the molecule is Cc1nc(Cl)nc2c1sc1ccccc12. The van der Waals surface area contributed by atoms with Crippen molar-refractivity contribution < 1.29 is 0 Å². The Kier molecular flexibility index (Phi) is 1.90. The second kappa shape index (κ2) is 3.15. The van der Waals surface area contributed by atoms with Gasteiger partial charge in [0.15, 0.2) is 0 Å². The van der Waals surface area contributed by atoms with Crippen LogP contribution in [-0.4, -0.2) is 9.97 Å². The van der Waals surface area contributed by atoms with Crippen molar-refractivity contribution >= 4 is 43.2 Å². The van der Waals surface area contributed by atoms with E-state index in [2.05, 4.69) is 22.1 Å². The van der Waals surface area contributed by atoms with E-state index in [4.69, 9.17) is 11.6 Å². The molecule has 0 spiro atoms. The highest BCUT2D eigenvalue weighted by atomic mass is 35.5. The summed E-state index contributed by atoms with van der Waals surface area (Å²) in [4.78, 5) is 8.45. The predicted octanol–water partition coefficient (Wildman–Crippen LogP) is 3.81. The van der Waals surface area contributed by atoms with Gasteiger partial charge in [0.05, 0.1) is 15.9 Å². The summed E-state index contributed by atoms with van der Waals surface area (Å²) >= 11 is 7.58. The number of fused-ring (bicyclic) bond motifs is 3. The molecular weight excluding hydrogens is 228 g/mol. The first-order valence-electron chi connectivity index (χ1n) is 4.57. The molecule has 3 aromatic rings. The van der Waals surface area contributed by atoms with Crippen LogP contribution in [0.1, 0.15) is 5.69 Å². The van der Waals surface area contributed by atoms with E-state index >= 15 is 0 Å². The number of rotatable bonds is 0. The summed E-state index contributed by atoms with van der Waals surface area (Å²) in [5, 5.41) is 1.48. The van der Waals surface area contributed by atoms with E-state index in [1.807, 2.05) is 19.1 Å². The number of nitrogens with zero attached hydrogens (tertiary/aromatic N) is 2. The van der Waals surface area contributed by atoms with Crippen LogP contribution in [0, 0.1) is 6.92 Å². The van der Waals surface area contributed by atoms with Crippen molar-refractivity contribution in [1.82, 2.24) is 9.97 Å². The molecule has 4 heteroatoms. The fourth-order valence-corrected chi connectivity index (χ4v) is 2.99. The van der Waals surface area contributed by atoms with Gasteiger partial charge < -0.3 is 0 Å². The third kappa shape index (κ3) is 1.31. The Labute approximate surface area is 95.5 Å². The summed E-state index contributed by atoms with van der Waals surface area (Å²) in [6.45, 7) is 1.96. The molecule has 0 saturated heterocycles. The smallest absolute Gasteiger partial charge is 0.222 e. The van der Waals surface area contributed by atoms with Gasteiger partial charge in [-0.1, -0.05) is 18.2 Å². The highest BCUT2D eigenvalue weighted by molar-refractivity contribution is 7.25. The normalized spacial score (nSPS) is 11.3. The fraction of sp³-hybridized carbons (Fsp3) is 0.0909. The van der Waals surface area contributed by atoms with Gasteiger partial charge in [-0.05, 0) is 24.6 Å². The van der Waals surface area contributed by atoms with Gasteiger partial charge in [-0.2, -0.15) is 0 Å². The first kappa shape index (κ1) is 9.07. The van der Waals surface area contributed by atoms with Gasteiger partial charge in [0.1, 0.15) is 0 Å². The molecule has 2 aromatic heterocycles. The van der Waals surface area contributed by atoms with E-state index in [0.717, 1.165) is 21.3 Å². The second-order valence-electron chi connectivity index (χ2n) is 3.35. The first-order chi connectivity index (χ1) is 7.25. The molecule has 0 N–H and O–H groups in total. The molecule has 0 aliphatic carbocycles. The zero-order chi connectivity index (χ0) is 10.4. The summed E-state index contributed by atoms with van der Waals surface area (Å²) in [6.07, 6.45) is 0. The summed E-state index contributed by atoms with van der Waals surface area (Å²) in [6, 6.07) is 8.20. The minimum absolute atomic E-state index is 0.323. The largest absolute Gasteiger partial charge is 0.223 e. The third-order valence-electron chi connectivity index (χ3n) is 2.36. The van der Waals surface area contributed by atoms with Crippen molar-refractivity contribution in [1.29, 1.82) is 0 Å². The van der Waals surface area contributed by atoms with Crippen molar-refractivity contribution in [2.75, 3.05) is 0 Å². The maximum absolute atomic E-state index is 5.86. The first-order valence-corrected chi connectivity index (χ1v) is 5.76. The minimum atomic E-state index is 0.323. The molecule has 74 valence electrons. The molecule has 0 radical (unpaired) electrons. The van der Waals surface area contributed by atoms with Crippen molar-refractivity contribution in [2.45, 2.75) is 6.92 Å². The van der Waals surface area contributed by atoms with Crippen LogP contribution >= 0.6 is 22.9 Å². The van der Waals surface area contributed by atoms with E-state index in [-0.39, 0.29) is 0 Å². The molecule has 0 aliphatic rings. The Morgan fingerprint density at radius 2 is 2.00 bits per heavy atom. The van der Waals surface area contributed by atoms with Gasteiger partial charge in [0, 0.05) is 10.1 Å². The van der Waals surface area contributed by atoms with Crippen LogP contribution in [-0.2, 0) is 0 Å². The molecule has 15 heavy (non-hydrogen) atoms. The predicted molar refractivity (Wildman–Crippen MR) is 64.7 cm³/mol. The quantitative estimate of drug-likeness (QED) is 0.553. The molecule has 2 nitrogen and oxygen atoms in total. The molecule has 0 bridgehead atoms. The maximum atomic E-state index is 5.86. The molecule has 1 aromatic carbocycles. The lowest BCUT2D eigenvalue weighted by Crippen LogP contribution is -1.85. The van der Waals surface area contributed by atoms with E-state index in [1.54, 1.807) is 11.3 Å². The van der Waals surface area contributed by atoms with Crippen molar-refractivity contribution in [3.63, 3.8) is 0 Å². The van der Waals surface area contributed by atoms with Crippen LogP contribution in [0.4, 0.5) is 0 Å². The number of aryl methyl sites for hydroxylation is 1. The van der Waals surface area contributed by atoms with Crippen molar-refractivity contribution in [2.24, 2.45) is 0 Å². The van der Waals surface area contributed by atoms with Crippen LogP contribution in [0.5, 0.6) is 0 Å². The fourth-order valence-electron chi connectivity index (χ4n) is 1.69. The number of hydrogen-bond acceptors (Lipinski definition) is 3. The zero-order valence-electron chi connectivity index (χ0n) is 7.99. The zero-order valence-corrected chi connectivity index (χ0v) is 9.56. The van der Waals surface area contributed by atoms with Crippen LogP contribution < -0.4 is 0 Å². The summed E-state index contributed by atoms with van der Waals surface area (Å²) < 4.78 is 2.35. The average molecular weight is 235 g/mol. The number of halogens is 1. The Hall–Kier alpha value is -1.19. The summed E-state index contributed by atoms with van der Waals surface area (Å²) in [5.74, 6) is 0. The number of thiophene rings is 1. The Bertz CT molecular complexity index is 660. The second-order valence-corrected chi connectivity index (χ2v) is 4.74. The minimum Gasteiger partial charge on any atom is -0.222 e. The van der Waals surface area contributed by atoms with E-state index < -0.39 is 0 Å². The lowest BCUT2D eigenvalue weighted by atomic mass is 10.2. The summed E-state index contributed by atoms with van der Waals surface area (Å²) in [5.41, 5.74) is 1.92. The standard InChI is InChI=1S/C11H7ClN2S/c1-6-10-9(14-11(12)13-6)7-4-2-3-5-8(7)15-10/h2-5H,1H3. The average Bonchev–Trinajstić information content (AvgIpc) is 2.57. The molecule has 0 amide bonds. The number of hydrogen-bond donors (Lipinski definition) is 0. The van der Waals surface area contributed by atoms with Crippen LogP contribution in [0.15, 0.2) is 24.3 Å². The Balaban J connectivity index is 2.61. The molecule has 0 unspecified atom stereocenters. The van der Waals surface area contributed by atoms with Gasteiger partial charge in [-0.3, -0.25) is 0 Å². The highest BCUT2D eigenvalue weighted by Crippen LogP contribution is 2.34. The van der Waals surface area contributed by atoms with Gasteiger partial charge in [0.25, 0.3) is 0 Å². The maximum Gasteiger partial charge on any atom is 0.223 e. The molecule has 2 heterocycles. The number of benzene rings is 1. The summed E-state index contributed by atoms with van der Waals surface area (Å²) in [7, 11) is 0. The lowest BCUT2D eigenvalue weighted by molar-refractivity contribution is 1.16. The topological polar surface area (TPSA) is 25.8 Å². The Morgan fingerprint density at radius 3 is 2.87 bits per heavy atom. The molecular formula is C11H7ClN2S. The van der Waals surface area contributed by atoms with Gasteiger partial charge in [-0.15, -0.1) is 11.3 Å². The van der Waals surface area contributed by atoms with Gasteiger partial charge in [-0.25, -0.2) is 9.97 Å². The van der Waals surface area contributed by atoms with Crippen molar-refractivity contribution in [3.05, 3.63) is 35.2 Å². The van der Waals surface area contributed by atoms with Gasteiger partial charge >= 0.3 is 0 Å². The lowest BCUT2D eigenvalue weighted by Gasteiger charge is -1.95. The van der Waals surface area contributed by atoms with E-state index in [1.165, 1.54) is 4.70 Å².